The quantitative estimate of drug-likeness (QED) is 0.601. The molecule has 2 rings (SSSR count). The molecule has 0 amide bonds. The van der Waals surface area contributed by atoms with Gasteiger partial charge in [0.1, 0.15) is 0 Å². The van der Waals surface area contributed by atoms with Gasteiger partial charge in [-0.25, -0.2) is 0 Å². The van der Waals surface area contributed by atoms with Crippen LogP contribution in [0.1, 0.15) is 52.0 Å². The minimum Gasteiger partial charge on any atom is -0.299 e. The van der Waals surface area contributed by atoms with Crippen LogP contribution in [-0.4, -0.2) is 22.9 Å². The van der Waals surface area contributed by atoms with Crippen molar-refractivity contribution in [2.45, 2.75) is 59.0 Å². The molecular formula is C18H28N2O2. The fourth-order valence-corrected chi connectivity index (χ4v) is 3.52. The monoisotopic (exact) mass is 304 g/mol. The van der Waals surface area contributed by atoms with Crippen LogP contribution >= 0.6 is 0 Å². The Balaban J connectivity index is 1.88. The predicted molar refractivity (Wildman–Crippen MR) is 89.8 cm³/mol. The van der Waals surface area contributed by atoms with Gasteiger partial charge in [-0.05, 0) is 49.6 Å². The third kappa shape index (κ3) is 4.29. The van der Waals surface area contributed by atoms with E-state index in [2.05, 4.69) is 32.7 Å². The Labute approximate surface area is 133 Å². The van der Waals surface area contributed by atoms with Crippen LogP contribution in [0.5, 0.6) is 0 Å². The molecule has 1 aromatic rings. The van der Waals surface area contributed by atoms with E-state index in [9.17, 15) is 10.1 Å². The van der Waals surface area contributed by atoms with E-state index < -0.39 is 0 Å². The van der Waals surface area contributed by atoms with Crippen LogP contribution in [0.15, 0.2) is 24.3 Å². The Bertz CT molecular complexity index is 497. The third-order valence-corrected chi connectivity index (χ3v) is 5.12. The molecule has 0 spiro atoms. The van der Waals surface area contributed by atoms with Crippen LogP contribution in [0, 0.1) is 21.4 Å². The Kier molecular flexibility index (Phi) is 5.22. The fraction of sp³-hybridized carbons (Fsp3) is 0.667. The van der Waals surface area contributed by atoms with E-state index >= 15 is 0 Å². The number of nitrogens with zero attached hydrogens (tertiary/aromatic N) is 2. The molecule has 0 aliphatic heterocycles. The van der Waals surface area contributed by atoms with Gasteiger partial charge in [-0.2, -0.15) is 0 Å². The first-order chi connectivity index (χ1) is 10.3. The summed E-state index contributed by atoms with van der Waals surface area (Å²) in [6, 6.07) is 7.57. The number of nitro benzene ring substituents is 1. The van der Waals surface area contributed by atoms with Crippen molar-refractivity contribution in [3.8, 4) is 0 Å². The molecule has 4 nitrogen and oxygen atoms in total. The molecule has 1 aliphatic carbocycles. The number of benzene rings is 1. The molecule has 22 heavy (non-hydrogen) atoms. The summed E-state index contributed by atoms with van der Waals surface area (Å²) in [6.07, 6.45) is 5.12. The van der Waals surface area contributed by atoms with Crippen LogP contribution in [-0.2, 0) is 6.54 Å². The first-order valence-corrected chi connectivity index (χ1v) is 8.21. The molecule has 1 aromatic carbocycles. The second kappa shape index (κ2) is 6.78. The molecule has 1 aliphatic rings. The number of hydrogen-bond donors (Lipinski definition) is 0. The number of nitro groups is 1. The number of non-ortho nitro benzene ring substituents is 1. The lowest BCUT2D eigenvalue weighted by molar-refractivity contribution is -0.384. The van der Waals surface area contributed by atoms with E-state index in [1.165, 1.54) is 25.7 Å². The topological polar surface area (TPSA) is 46.4 Å². The van der Waals surface area contributed by atoms with E-state index in [0.717, 1.165) is 18.0 Å². The van der Waals surface area contributed by atoms with Crippen molar-refractivity contribution in [2.24, 2.45) is 11.3 Å². The van der Waals surface area contributed by atoms with Crippen LogP contribution in [0.2, 0.25) is 0 Å². The minimum atomic E-state index is -0.346. The lowest BCUT2D eigenvalue weighted by Crippen LogP contribution is -2.37. The van der Waals surface area contributed by atoms with Gasteiger partial charge < -0.3 is 0 Å². The van der Waals surface area contributed by atoms with Crippen molar-refractivity contribution in [1.29, 1.82) is 0 Å². The van der Waals surface area contributed by atoms with Gasteiger partial charge in [0.2, 0.25) is 0 Å². The minimum absolute atomic E-state index is 0.164. The van der Waals surface area contributed by atoms with Gasteiger partial charge in [-0.15, -0.1) is 0 Å². The van der Waals surface area contributed by atoms with Crippen molar-refractivity contribution in [3.63, 3.8) is 0 Å². The van der Waals surface area contributed by atoms with Gasteiger partial charge in [-0.3, -0.25) is 15.0 Å². The molecule has 4 heteroatoms. The molecule has 0 unspecified atom stereocenters. The van der Waals surface area contributed by atoms with Crippen LogP contribution < -0.4 is 0 Å². The maximum Gasteiger partial charge on any atom is 0.269 e. The second-order valence-electron chi connectivity index (χ2n) is 7.71. The molecule has 122 valence electrons. The molecule has 0 atom stereocenters. The zero-order valence-electron chi connectivity index (χ0n) is 14.2. The average molecular weight is 304 g/mol. The lowest BCUT2D eigenvalue weighted by Gasteiger charge is -2.40. The largest absolute Gasteiger partial charge is 0.299 e. The Morgan fingerprint density at radius 1 is 1.14 bits per heavy atom. The van der Waals surface area contributed by atoms with Crippen molar-refractivity contribution in [2.75, 3.05) is 7.05 Å². The summed E-state index contributed by atoms with van der Waals surface area (Å²) >= 11 is 0. The maximum atomic E-state index is 10.7. The van der Waals surface area contributed by atoms with Gasteiger partial charge in [-0.1, -0.05) is 32.9 Å². The molecule has 0 saturated heterocycles. The summed E-state index contributed by atoms with van der Waals surface area (Å²) in [5.74, 6) is 0.830. The summed E-state index contributed by atoms with van der Waals surface area (Å²) in [7, 11) is 2.17. The SMILES string of the molecule is CN(Cc1ccc([N+](=O)[O-])cc1)C1CCC(C(C)(C)C)CC1. The molecule has 0 aromatic heterocycles. The first-order valence-electron chi connectivity index (χ1n) is 8.21. The highest BCUT2D eigenvalue weighted by molar-refractivity contribution is 5.32. The van der Waals surface area contributed by atoms with E-state index in [-0.39, 0.29) is 10.6 Å². The number of hydrogen-bond acceptors (Lipinski definition) is 3. The van der Waals surface area contributed by atoms with Gasteiger partial charge in [0.15, 0.2) is 0 Å². The summed E-state index contributed by atoms with van der Waals surface area (Å²) in [5, 5.41) is 10.7. The van der Waals surface area contributed by atoms with Crippen molar-refractivity contribution in [1.82, 2.24) is 4.90 Å². The summed E-state index contributed by atoms with van der Waals surface area (Å²) in [5.41, 5.74) is 1.73. The molecular weight excluding hydrogens is 276 g/mol. The van der Waals surface area contributed by atoms with E-state index in [1.54, 1.807) is 12.1 Å². The van der Waals surface area contributed by atoms with Gasteiger partial charge in [0.05, 0.1) is 4.92 Å². The van der Waals surface area contributed by atoms with Crippen LogP contribution in [0.3, 0.4) is 0 Å². The van der Waals surface area contributed by atoms with E-state index in [4.69, 9.17) is 0 Å². The molecule has 0 bridgehead atoms. The molecule has 0 heterocycles. The Hall–Kier alpha value is -1.42. The Morgan fingerprint density at radius 2 is 1.68 bits per heavy atom. The highest BCUT2D eigenvalue weighted by Gasteiger charge is 2.30. The molecule has 1 saturated carbocycles. The Morgan fingerprint density at radius 3 is 2.14 bits per heavy atom. The van der Waals surface area contributed by atoms with Crippen LogP contribution in [0.25, 0.3) is 0 Å². The smallest absolute Gasteiger partial charge is 0.269 e. The zero-order chi connectivity index (χ0) is 16.3. The summed E-state index contributed by atoms with van der Waals surface area (Å²) in [6.45, 7) is 7.90. The van der Waals surface area contributed by atoms with Crippen molar-refractivity contribution in [3.05, 3.63) is 39.9 Å². The highest BCUT2D eigenvalue weighted by Crippen LogP contribution is 2.38. The van der Waals surface area contributed by atoms with E-state index in [1.807, 2.05) is 12.1 Å². The lowest BCUT2D eigenvalue weighted by atomic mass is 9.71. The van der Waals surface area contributed by atoms with Crippen molar-refractivity contribution >= 4 is 5.69 Å². The van der Waals surface area contributed by atoms with E-state index in [0.29, 0.717) is 11.5 Å². The number of rotatable bonds is 4. The molecule has 1 fully saturated rings. The van der Waals surface area contributed by atoms with Gasteiger partial charge in [0, 0.05) is 24.7 Å². The standard InChI is InChI=1S/C18H28N2O2/c1-18(2,3)15-7-11-16(12-8-15)19(4)13-14-5-9-17(10-6-14)20(21)22/h5-6,9-10,15-16H,7-8,11-13H2,1-4H3. The highest BCUT2D eigenvalue weighted by atomic mass is 16.6. The molecule has 0 N–H and O–H groups in total. The van der Waals surface area contributed by atoms with Crippen molar-refractivity contribution < 1.29 is 4.92 Å². The summed E-state index contributed by atoms with van der Waals surface area (Å²) < 4.78 is 0. The fourth-order valence-electron chi connectivity index (χ4n) is 3.52. The van der Waals surface area contributed by atoms with Gasteiger partial charge in [0.25, 0.3) is 5.69 Å². The molecule has 0 radical (unpaired) electrons. The van der Waals surface area contributed by atoms with Gasteiger partial charge >= 0.3 is 0 Å². The summed E-state index contributed by atoms with van der Waals surface area (Å²) in [4.78, 5) is 12.7. The normalized spacial score (nSPS) is 22.8. The second-order valence-corrected chi connectivity index (χ2v) is 7.71. The average Bonchev–Trinajstić information content (AvgIpc) is 2.47. The zero-order valence-corrected chi connectivity index (χ0v) is 14.2. The predicted octanol–water partition coefficient (Wildman–Crippen LogP) is 4.63. The third-order valence-electron chi connectivity index (χ3n) is 5.12. The first kappa shape index (κ1) is 16.9. The van der Waals surface area contributed by atoms with Crippen LogP contribution in [0.4, 0.5) is 5.69 Å². The maximum absolute atomic E-state index is 10.7.